The number of alkyl halides is 1. The fourth-order valence-electron chi connectivity index (χ4n) is 4.46. The summed E-state index contributed by atoms with van der Waals surface area (Å²) in [6.07, 6.45) is 9.60. The number of hydrogen-bond acceptors (Lipinski definition) is 2. The zero-order chi connectivity index (χ0) is 20.6. The summed E-state index contributed by atoms with van der Waals surface area (Å²) in [5.41, 5.74) is 0. The van der Waals surface area contributed by atoms with E-state index in [-0.39, 0.29) is 11.5 Å². The monoisotopic (exact) mass is 426 g/mol. The molecule has 1 fully saturated rings. The molecule has 0 spiro atoms. The van der Waals surface area contributed by atoms with Gasteiger partial charge in [0.05, 0.1) is 6.10 Å². The minimum Gasteiger partial charge on any atom is -0.322 e. The van der Waals surface area contributed by atoms with Gasteiger partial charge in [-0.3, -0.25) is 4.57 Å². The molecule has 0 heterocycles. The van der Waals surface area contributed by atoms with Crippen LogP contribution in [0.4, 0.5) is 0 Å². The van der Waals surface area contributed by atoms with Crippen LogP contribution in [0, 0.1) is 17.8 Å². The predicted octanol–water partition coefficient (Wildman–Crippen LogP) is 7.65. The lowest BCUT2D eigenvalue weighted by Gasteiger charge is -2.39. The number of rotatable bonds is 11. The first-order chi connectivity index (χ1) is 13.4. The van der Waals surface area contributed by atoms with Crippen LogP contribution in [0.25, 0.3) is 0 Å². The molecule has 0 amide bonds. The third kappa shape index (κ3) is 7.19. The number of unbranched alkanes of at least 4 members (excludes halogenated alkanes) is 3. The minimum atomic E-state index is -2.99. The summed E-state index contributed by atoms with van der Waals surface area (Å²) in [7, 11) is -2.99. The van der Waals surface area contributed by atoms with Crippen LogP contribution in [-0.2, 0) is 9.09 Å². The highest BCUT2D eigenvalue weighted by molar-refractivity contribution is 7.67. The van der Waals surface area contributed by atoms with Gasteiger partial charge in [-0.25, -0.2) is 0 Å². The molecule has 0 saturated heterocycles. The molecular weight excluding hydrogens is 387 g/mol. The van der Waals surface area contributed by atoms with Crippen molar-refractivity contribution < 1.29 is 9.09 Å². The van der Waals surface area contributed by atoms with Gasteiger partial charge in [0.25, 0.3) is 0 Å². The fraction of sp³-hybridized carbons (Fsp3) is 0.750. The van der Waals surface area contributed by atoms with Crippen molar-refractivity contribution in [3.05, 3.63) is 30.3 Å². The molecule has 2 nitrogen and oxygen atoms in total. The van der Waals surface area contributed by atoms with Crippen LogP contribution in [-0.4, -0.2) is 17.6 Å². The Morgan fingerprint density at radius 1 is 1.14 bits per heavy atom. The molecule has 4 heteroatoms. The van der Waals surface area contributed by atoms with E-state index in [0.717, 1.165) is 24.6 Å². The topological polar surface area (TPSA) is 26.3 Å². The maximum atomic E-state index is 14.2. The molecule has 5 atom stereocenters. The fourth-order valence-corrected chi connectivity index (χ4v) is 7.59. The summed E-state index contributed by atoms with van der Waals surface area (Å²) in [6, 6.07) is 9.80. The lowest BCUT2D eigenvalue weighted by atomic mass is 9.75. The largest absolute Gasteiger partial charge is 0.322 e. The number of halogens is 1. The maximum Gasteiger partial charge on any atom is 0.233 e. The summed E-state index contributed by atoms with van der Waals surface area (Å²) >= 11 is 6.69. The van der Waals surface area contributed by atoms with Crippen molar-refractivity contribution in [2.75, 3.05) is 6.16 Å². The normalized spacial score (nSPS) is 26.1. The molecule has 1 aromatic carbocycles. The van der Waals surface area contributed by atoms with E-state index in [9.17, 15) is 4.57 Å². The maximum absolute atomic E-state index is 14.2. The Balaban J connectivity index is 2.15. The minimum absolute atomic E-state index is 0.0683. The van der Waals surface area contributed by atoms with Crippen LogP contribution in [0.3, 0.4) is 0 Å². The van der Waals surface area contributed by atoms with Crippen LogP contribution in [0.1, 0.15) is 79.1 Å². The van der Waals surface area contributed by atoms with Crippen LogP contribution >= 0.6 is 19.0 Å². The quantitative estimate of drug-likeness (QED) is 0.206. The van der Waals surface area contributed by atoms with E-state index >= 15 is 0 Å². The molecule has 2 rings (SSSR count). The molecule has 0 radical (unpaired) electrons. The highest BCUT2D eigenvalue weighted by Gasteiger charge is 2.38. The third-order valence-electron chi connectivity index (χ3n) is 6.23. The van der Waals surface area contributed by atoms with E-state index in [1.165, 1.54) is 32.1 Å². The summed E-state index contributed by atoms with van der Waals surface area (Å²) in [4.78, 5) is 0. The van der Waals surface area contributed by atoms with Gasteiger partial charge in [0.1, 0.15) is 0 Å². The Labute approximate surface area is 178 Å². The molecule has 1 aliphatic rings. The Bertz CT molecular complexity index is 604. The first kappa shape index (κ1) is 24.0. The van der Waals surface area contributed by atoms with E-state index in [1.807, 2.05) is 30.3 Å². The molecule has 0 bridgehead atoms. The zero-order valence-corrected chi connectivity index (χ0v) is 19.9. The Kier molecular flexibility index (Phi) is 10.1. The van der Waals surface area contributed by atoms with Gasteiger partial charge in [0, 0.05) is 16.8 Å². The SMILES string of the molecule is CCCCCCC(Cl)CP(=O)(OC1CC(C)CCC1C(C)C)c1ccccc1. The van der Waals surface area contributed by atoms with E-state index in [2.05, 4.69) is 27.7 Å². The lowest BCUT2D eigenvalue weighted by molar-refractivity contribution is 0.0498. The first-order valence-corrected chi connectivity index (χ1v) is 13.6. The summed E-state index contributed by atoms with van der Waals surface area (Å²) in [5, 5.41) is 0.733. The number of benzene rings is 1. The van der Waals surface area contributed by atoms with Crippen molar-refractivity contribution in [1.29, 1.82) is 0 Å². The van der Waals surface area contributed by atoms with Gasteiger partial charge in [-0.05, 0) is 49.1 Å². The molecular formula is C24H40ClO2P. The van der Waals surface area contributed by atoms with Gasteiger partial charge < -0.3 is 4.52 Å². The Morgan fingerprint density at radius 2 is 1.86 bits per heavy atom. The van der Waals surface area contributed by atoms with E-state index in [0.29, 0.717) is 23.9 Å². The van der Waals surface area contributed by atoms with Crippen molar-refractivity contribution in [3.63, 3.8) is 0 Å². The van der Waals surface area contributed by atoms with E-state index < -0.39 is 7.37 Å². The van der Waals surface area contributed by atoms with Gasteiger partial charge in [-0.1, -0.05) is 78.0 Å². The van der Waals surface area contributed by atoms with Crippen molar-refractivity contribution in [2.24, 2.45) is 17.8 Å². The molecule has 28 heavy (non-hydrogen) atoms. The predicted molar refractivity (Wildman–Crippen MR) is 123 cm³/mol. The van der Waals surface area contributed by atoms with Crippen LogP contribution in [0.2, 0.25) is 0 Å². The van der Waals surface area contributed by atoms with Gasteiger partial charge in [0.2, 0.25) is 7.37 Å². The second-order valence-electron chi connectivity index (χ2n) is 9.11. The van der Waals surface area contributed by atoms with Crippen molar-refractivity contribution in [3.8, 4) is 0 Å². The average molecular weight is 427 g/mol. The van der Waals surface area contributed by atoms with E-state index in [4.69, 9.17) is 16.1 Å². The molecule has 1 saturated carbocycles. The number of hydrogen-bond donors (Lipinski definition) is 0. The lowest BCUT2D eigenvalue weighted by Crippen LogP contribution is -2.35. The molecule has 5 unspecified atom stereocenters. The van der Waals surface area contributed by atoms with Gasteiger partial charge >= 0.3 is 0 Å². The second kappa shape index (κ2) is 11.8. The molecule has 0 N–H and O–H groups in total. The smallest absolute Gasteiger partial charge is 0.233 e. The average Bonchev–Trinajstić information content (AvgIpc) is 2.65. The van der Waals surface area contributed by atoms with Crippen LogP contribution < -0.4 is 5.30 Å². The van der Waals surface area contributed by atoms with Crippen molar-refractivity contribution >= 4 is 24.3 Å². The molecule has 0 aromatic heterocycles. The molecule has 160 valence electrons. The van der Waals surface area contributed by atoms with Crippen LogP contribution in [0.5, 0.6) is 0 Å². The first-order valence-electron chi connectivity index (χ1n) is 11.3. The van der Waals surface area contributed by atoms with E-state index in [1.54, 1.807) is 0 Å². The van der Waals surface area contributed by atoms with Crippen molar-refractivity contribution in [1.82, 2.24) is 0 Å². The highest BCUT2D eigenvalue weighted by atomic mass is 35.5. The third-order valence-corrected chi connectivity index (χ3v) is 9.43. The summed E-state index contributed by atoms with van der Waals surface area (Å²) < 4.78 is 20.7. The highest BCUT2D eigenvalue weighted by Crippen LogP contribution is 2.52. The summed E-state index contributed by atoms with van der Waals surface area (Å²) in [6.45, 7) is 9.04. The Hall–Kier alpha value is -0.300. The molecule has 1 aromatic rings. The zero-order valence-electron chi connectivity index (χ0n) is 18.3. The summed E-state index contributed by atoms with van der Waals surface area (Å²) in [5.74, 6) is 1.65. The van der Waals surface area contributed by atoms with Crippen molar-refractivity contribution in [2.45, 2.75) is 90.5 Å². The molecule has 1 aliphatic carbocycles. The Morgan fingerprint density at radius 3 is 2.50 bits per heavy atom. The van der Waals surface area contributed by atoms with Gasteiger partial charge in [-0.15, -0.1) is 11.6 Å². The standard InChI is InChI=1S/C24H40ClO2P/c1-5-6-7-9-12-21(25)18-28(26,22-13-10-8-11-14-22)27-24-17-20(4)15-16-23(24)19(2)3/h8,10-11,13-14,19-21,23-24H,5-7,9,12,15-18H2,1-4H3. The second-order valence-corrected chi connectivity index (χ2v) is 12.2. The molecule has 0 aliphatic heterocycles. The van der Waals surface area contributed by atoms with Crippen LogP contribution in [0.15, 0.2) is 30.3 Å². The van der Waals surface area contributed by atoms with Gasteiger partial charge in [-0.2, -0.15) is 0 Å². The van der Waals surface area contributed by atoms with Gasteiger partial charge in [0.15, 0.2) is 0 Å².